The van der Waals surface area contributed by atoms with Crippen LogP contribution in [0.2, 0.25) is 5.02 Å². The van der Waals surface area contributed by atoms with Crippen molar-refractivity contribution >= 4 is 11.6 Å². The first-order valence-electron chi connectivity index (χ1n) is 5.98. The molecule has 0 unspecified atom stereocenters. The first-order chi connectivity index (χ1) is 8.09. The summed E-state index contributed by atoms with van der Waals surface area (Å²) in [6.07, 6.45) is 3.48. The number of aliphatic hydroxyl groups is 1. The monoisotopic (exact) mass is 257 g/mol. The molecule has 4 heteroatoms. The minimum atomic E-state index is -0.697. The molecule has 0 bridgehead atoms. The van der Waals surface area contributed by atoms with Crippen LogP contribution in [-0.2, 0) is 0 Å². The van der Waals surface area contributed by atoms with Crippen molar-refractivity contribution in [3.05, 3.63) is 34.6 Å². The second-order valence-electron chi connectivity index (χ2n) is 4.73. The van der Waals surface area contributed by atoms with Gasteiger partial charge < -0.3 is 10.8 Å². The van der Waals surface area contributed by atoms with E-state index in [1.165, 1.54) is 18.2 Å². The fourth-order valence-corrected chi connectivity index (χ4v) is 2.73. The Labute approximate surface area is 106 Å². The molecule has 2 atom stereocenters. The van der Waals surface area contributed by atoms with E-state index in [2.05, 4.69) is 0 Å². The van der Waals surface area contributed by atoms with E-state index >= 15 is 0 Å². The number of aliphatic hydroxyl groups excluding tert-OH is 1. The molecule has 0 spiro atoms. The summed E-state index contributed by atoms with van der Waals surface area (Å²) < 4.78 is 13.6. The average Bonchev–Trinajstić information content (AvgIpc) is 2.84. The Morgan fingerprint density at radius 2 is 2.00 bits per heavy atom. The van der Waals surface area contributed by atoms with Gasteiger partial charge in [0.25, 0.3) is 0 Å². The number of halogens is 2. The summed E-state index contributed by atoms with van der Waals surface area (Å²) in [6.45, 7) is 0. The molecule has 2 rings (SSSR count). The SMILES string of the molecule is N[C@@H](c1cc(Cl)ccc1F)[C@H](O)C1CCCC1. The number of hydrogen-bond donors (Lipinski definition) is 2. The van der Waals surface area contributed by atoms with E-state index < -0.39 is 18.0 Å². The maximum absolute atomic E-state index is 13.6. The molecule has 3 N–H and O–H groups in total. The van der Waals surface area contributed by atoms with Crippen molar-refractivity contribution in [1.82, 2.24) is 0 Å². The first-order valence-corrected chi connectivity index (χ1v) is 6.36. The van der Waals surface area contributed by atoms with Gasteiger partial charge in [-0.05, 0) is 37.0 Å². The average molecular weight is 258 g/mol. The largest absolute Gasteiger partial charge is 0.391 e. The summed E-state index contributed by atoms with van der Waals surface area (Å²) in [5.74, 6) is -0.220. The first kappa shape index (κ1) is 12.8. The zero-order chi connectivity index (χ0) is 12.4. The maximum atomic E-state index is 13.6. The smallest absolute Gasteiger partial charge is 0.128 e. The zero-order valence-corrected chi connectivity index (χ0v) is 10.3. The van der Waals surface area contributed by atoms with Crippen LogP contribution in [0.25, 0.3) is 0 Å². The predicted octanol–water partition coefficient (Wildman–Crippen LogP) is 3.03. The molecule has 2 nitrogen and oxygen atoms in total. The highest BCUT2D eigenvalue weighted by Gasteiger charge is 2.30. The third kappa shape index (κ3) is 2.79. The maximum Gasteiger partial charge on any atom is 0.128 e. The third-order valence-electron chi connectivity index (χ3n) is 3.57. The molecule has 1 aromatic carbocycles. The fourth-order valence-electron chi connectivity index (χ4n) is 2.55. The van der Waals surface area contributed by atoms with Gasteiger partial charge in [-0.3, -0.25) is 0 Å². The second kappa shape index (κ2) is 5.34. The van der Waals surface area contributed by atoms with Gasteiger partial charge in [0.05, 0.1) is 12.1 Å². The lowest BCUT2D eigenvalue weighted by Crippen LogP contribution is -2.32. The molecule has 0 radical (unpaired) electrons. The van der Waals surface area contributed by atoms with E-state index in [-0.39, 0.29) is 5.92 Å². The topological polar surface area (TPSA) is 46.2 Å². The number of benzene rings is 1. The molecule has 1 aliphatic carbocycles. The molecular weight excluding hydrogens is 241 g/mol. The Balaban J connectivity index is 2.17. The standard InChI is InChI=1S/C13H17ClFNO/c14-9-5-6-11(15)10(7-9)12(16)13(17)8-3-1-2-4-8/h5-8,12-13,17H,1-4,16H2/t12-,13+/m0/s1. The van der Waals surface area contributed by atoms with Gasteiger partial charge in [-0.2, -0.15) is 0 Å². The number of rotatable bonds is 3. The predicted molar refractivity (Wildman–Crippen MR) is 66.3 cm³/mol. The minimum absolute atomic E-state index is 0.184. The molecular formula is C13H17ClFNO. The highest BCUT2D eigenvalue weighted by atomic mass is 35.5. The minimum Gasteiger partial charge on any atom is -0.391 e. The van der Waals surface area contributed by atoms with Gasteiger partial charge in [-0.15, -0.1) is 0 Å². The van der Waals surface area contributed by atoms with Crippen molar-refractivity contribution in [3.63, 3.8) is 0 Å². The molecule has 1 aromatic rings. The summed E-state index contributed by atoms with van der Waals surface area (Å²) in [6, 6.07) is 3.57. The van der Waals surface area contributed by atoms with E-state index in [1.54, 1.807) is 0 Å². The van der Waals surface area contributed by atoms with Crippen LogP contribution in [0.15, 0.2) is 18.2 Å². The van der Waals surface area contributed by atoms with Gasteiger partial charge in [0.1, 0.15) is 5.82 Å². The summed E-state index contributed by atoms with van der Waals surface area (Å²) in [7, 11) is 0. The van der Waals surface area contributed by atoms with Gasteiger partial charge in [0.2, 0.25) is 0 Å². The lowest BCUT2D eigenvalue weighted by atomic mass is 9.91. The van der Waals surface area contributed by atoms with Crippen molar-refractivity contribution < 1.29 is 9.50 Å². The Morgan fingerprint density at radius 3 is 2.65 bits per heavy atom. The fraction of sp³-hybridized carbons (Fsp3) is 0.538. The Bertz CT molecular complexity index is 393. The molecule has 0 aromatic heterocycles. The van der Waals surface area contributed by atoms with Crippen LogP contribution >= 0.6 is 11.6 Å². The summed E-state index contributed by atoms with van der Waals surface area (Å²) in [5.41, 5.74) is 6.24. The van der Waals surface area contributed by atoms with E-state index in [4.69, 9.17) is 17.3 Å². The number of nitrogens with two attached hydrogens (primary N) is 1. The van der Waals surface area contributed by atoms with Crippen molar-refractivity contribution in [3.8, 4) is 0 Å². The van der Waals surface area contributed by atoms with E-state index in [9.17, 15) is 9.50 Å². The van der Waals surface area contributed by atoms with E-state index in [0.29, 0.717) is 10.6 Å². The van der Waals surface area contributed by atoms with Crippen LogP contribution in [0.3, 0.4) is 0 Å². The molecule has 0 heterocycles. The van der Waals surface area contributed by atoms with E-state index in [1.807, 2.05) is 0 Å². The lowest BCUT2D eigenvalue weighted by Gasteiger charge is -2.25. The molecule has 0 saturated heterocycles. The van der Waals surface area contributed by atoms with Crippen molar-refractivity contribution in [2.24, 2.45) is 11.7 Å². The van der Waals surface area contributed by atoms with Gasteiger partial charge in [0.15, 0.2) is 0 Å². The molecule has 0 amide bonds. The molecule has 94 valence electrons. The molecule has 1 saturated carbocycles. The third-order valence-corrected chi connectivity index (χ3v) is 3.80. The Kier molecular flexibility index (Phi) is 4.02. The van der Waals surface area contributed by atoms with Crippen LogP contribution in [0, 0.1) is 11.7 Å². The Hall–Kier alpha value is -0.640. The van der Waals surface area contributed by atoms with Crippen LogP contribution < -0.4 is 5.73 Å². The van der Waals surface area contributed by atoms with Gasteiger partial charge in [-0.1, -0.05) is 24.4 Å². The molecule has 1 fully saturated rings. The second-order valence-corrected chi connectivity index (χ2v) is 5.16. The number of hydrogen-bond acceptors (Lipinski definition) is 2. The van der Waals surface area contributed by atoms with Gasteiger partial charge in [0, 0.05) is 10.6 Å². The lowest BCUT2D eigenvalue weighted by molar-refractivity contribution is 0.0833. The van der Waals surface area contributed by atoms with Crippen LogP contribution in [0.4, 0.5) is 4.39 Å². The quantitative estimate of drug-likeness (QED) is 0.874. The summed E-state index contributed by atoms with van der Waals surface area (Å²) in [4.78, 5) is 0. The van der Waals surface area contributed by atoms with Gasteiger partial charge >= 0.3 is 0 Å². The van der Waals surface area contributed by atoms with Crippen LogP contribution in [0.5, 0.6) is 0 Å². The van der Waals surface area contributed by atoms with Crippen molar-refractivity contribution in [2.75, 3.05) is 0 Å². The Morgan fingerprint density at radius 1 is 1.35 bits per heavy atom. The van der Waals surface area contributed by atoms with Gasteiger partial charge in [-0.25, -0.2) is 4.39 Å². The normalized spacial score (nSPS) is 20.5. The summed E-state index contributed by atoms with van der Waals surface area (Å²) in [5, 5.41) is 10.6. The van der Waals surface area contributed by atoms with E-state index in [0.717, 1.165) is 25.7 Å². The zero-order valence-electron chi connectivity index (χ0n) is 9.57. The highest BCUT2D eigenvalue weighted by Crippen LogP contribution is 2.33. The summed E-state index contributed by atoms with van der Waals surface area (Å²) >= 11 is 5.82. The van der Waals surface area contributed by atoms with Crippen LogP contribution in [-0.4, -0.2) is 11.2 Å². The molecule has 0 aliphatic heterocycles. The molecule has 1 aliphatic rings. The highest BCUT2D eigenvalue weighted by molar-refractivity contribution is 6.30. The molecule has 17 heavy (non-hydrogen) atoms. The van der Waals surface area contributed by atoms with Crippen LogP contribution in [0.1, 0.15) is 37.3 Å². The van der Waals surface area contributed by atoms with Crippen molar-refractivity contribution in [1.29, 1.82) is 0 Å². The van der Waals surface area contributed by atoms with Crippen molar-refractivity contribution in [2.45, 2.75) is 37.8 Å².